The van der Waals surface area contributed by atoms with Crippen molar-refractivity contribution < 1.29 is 49.3 Å². The molecule has 1 unspecified atom stereocenters. The number of nitrogens with two attached hydrogens (primary N) is 1. The van der Waals surface area contributed by atoms with E-state index in [2.05, 4.69) is 22.6 Å². The van der Waals surface area contributed by atoms with Gasteiger partial charge in [0.15, 0.2) is 12.1 Å². The van der Waals surface area contributed by atoms with E-state index in [-0.39, 0.29) is 56.9 Å². The lowest BCUT2D eigenvalue weighted by atomic mass is 9.71. The summed E-state index contributed by atoms with van der Waals surface area (Å²) in [6.07, 6.45) is -4.45. The molecule has 0 saturated carbocycles. The lowest BCUT2D eigenvalue weighted by molar-refractivity contribution is -0.229. The van der Waals surface area contributed by atoms with Crippen LogP contribution in [0, 0.1) is 0 Å². The molecule has 0 spiro atoms. The highest BCUT2D eigenvalue weighted by Crippen LogP contribution is 2.53. The van der Waals surface area contributed by atoms with Gasteiger partial charge in [-0.05, 0) is 13.0 Å². The highest BCUT2D eigenvalue weighted by Gasteiger charge is 2.50. The maximum absolute atomic E-state index is 13.7. The number of alkyl halides is 1. The third kappa shape index (κ3) is 4.42. The van der Waals surface area contributed by atoms with Crippen LogP contribution in [0.15, 0.2) is 18.2 Å². The number of carbonyl (C=O) groups is 2. The summed E-state index contributed by atoms with van der Waals surface area (Å²) in [4.78, 5) is 27.2. The molecule has 2 aromatic rings. The standard InChI is InChI=1S/C27H30INO10/c1-10-22(28)13(29)6-17(38-10)39-15-8-27(36,16(31)9-30)7-12-19(15)26(35)21-20(24(12)33)23(32)11-4-3-5-14(37-2)18(11)25(21)34/h3-5,10,13,15-17,22,30-31,33,35-36H,6-9,29H2,1-2H3/t10-,13-,15-,16?,17-,22+,27-/m0/s1. The zero-order chi connectivity index (χ0) is 28.4. The largest absolute Gasteiger partial charge is 0.507 e. The number of methoxy groups -OCH3 is 1. The summed E-state index contributed by atoms with van der Waals surface area (Å²) in [7, 11) is 1.35. The Morgan fingerprint density at radius 3 is 2.51 bits per heavy atom. The molecule has 0 aromatic heterocycles. The molecule has 210 valence electrons. The van der Waals surface area contributed by atoms with Crippen LogP contribution >= 0.6 is 22.6 Å². The molecule has 2 aromatic carbocycles. The normalized spacial score (nSPS) is 30.8. The lowest BCUT2D eigenvalue weighted by Crippen LogP contribution is -2.52. The average Bonchev–Trinajstić information content (AvgIpc) is 2.90. The maximum atomic E-state index is 13.7. The van der Waals surface area contributed by atoms with Crippen molar-refractivity contribution in [2.75, 3.05) is 13.7 Å². The zero-order valence-corrected chi connectivity index (χ0v) is 23.4. The SMILES string of the molecule is COc1cccc2c1C(=O)c1c(O)c3c(c(O)c1C2=O)C[C@@](O)(C(O)CO)C[C@@H]3O[C@H]1C[C@H](N)[C@H](I)[C@H](C)O1. The third-order valence-electron chi connectivity index (χ3n) is 7.90. The summed E-state index contributed by atoms with van der Waals surface area (Å²) in [5.41, 5.74) is 3.29. The first kappa shape index (κ1) is 28.2. The Morgan fingerprint density at radius 2 is 1.87 bits per heavy atom. The van der Waals surface area contributed by atoms with E-state index in [0.29, 0.717) is 0 Å². The van der Waals surface area contributed by atoms with Gasteiger partial charge in [0, 0.05) is 42.0 Å². The number of ketones is 2. The van der Waals surface area contributed by atoms with Gasteiger partial charge in [0.05, 0.1) is 52.1 Å². The van der Waals surface area contributed by atoms with Crippen molar-refractivity contribution in [2.24, 2.45) is 5.73 Å². The molecule has 7 atom stereocenters. The number of carbonyl (C=O) groups excluding carboxylic acids is 2. The predicted octanol–water partition coefficient (Wildman–Crippen LogP) is 1.24. The van der Waals surface area contributed by atoms with Crippen molar-refractivity contribution in [3.63, 3.8) is 0 Å². The Balaban J connectivity index is 1.68. The van der Waals surface area contributed by atoms with E-state index < -0.39 is 71.3 Å². The van der Waals surface area contributed by atoms with Gasteiger partial charge >= 0.3 is 0 Å². The zero-order valence-electron chi connectivity index (χ0n) is 21.3. The highest BCUT2D eigenvalue weighted by molar-refractivity contribution is 14.1. The molecule has 1 aliphatic heterocycles. The van der Waals surface area contributed by atoms with Crippen LogP contribution in [-0.4, -0.2) is 84.9 Å². The van der Waals surface area contributed by atoms with Crippen LogP contribution in [0.25, 0.3) is 0 Å². The molecule has 12 heteroatoms. The van der Waals surface area contributed by atoms with E-state index in [9.17, 15) is 35.1 Å². The number of aromatic hydroxyl groups is 2. The number of halogens is 1. The Morgan fingerprint density at radius 1 is 1.18 bits per heavy atom. The molecule has 0 bridgehead atoms. The maximum Gasteiger partial charge on any atom is 0.202 e. The quantitative estimate of drug-likeness (QED) is 0.132. The number of aliphatic hydroxyl groups excluding tert-OH is 2. The van der Waals surface area contributed by atoms with Gasteiger partial charge < -0.3 is 45.5 Å². The van der Waals surface area contributed by atoms with Crippen LogP contribution in [0.3, 0.4) is 0 Å². The van der Waals surface area contributed by atoms with Gasteiger partial charge in [0.2, 0.25) is 5.78 Å². The number of hydrogen-bond donors (Lipinski definition) is 6. The van der Waals surface area contributed by atoms with Crippen LogP contribution in [0.1, 0.15) is 68.8 Å². The van der Waals surface area contributed by atoms with Gasteiger partial charge in [-0.25, -0.2) is 0 Å². The van der Waals surface area contributed by atoms with Crippen molar-refractivity contribution >= 4 is 34.2 Å². The van der Waals surface area contributed by atoms with Crippen molar-refractivity contribution in [1.82, 2.24) is 0 Å². The molecule has 1 saturated heterocycles. The van der Waals surface area contributed by atoms with Crippen LogP contribution in [0.4, 0.5) is 0 Å². The number of rotatable bonds is 5. The number of benzene rings is 2. The summed E-state index contributed by atoms with van der Waals surface area (Å²) in [6.45, 7) is 1.04. The summed E-state index contributed by atoms with van der Waals surface area (Å²) < 4.78 is 17.4. The fourth-order valence-electron chi connectivity index (χ4n) is 5.83. The predicted molar refractivity (Wildman–Crippen MR) is 145 cm³/mol. The van der Waals surface area contributed by atoms with Gasteiger partial charge in [-0.2, -0.15) is 0 Å². The van der Waals surface area contributed by atoms with Gasteiger partial charge in [-0.1, -0.05) is 34.7 Å². The average molecular weight is 655 g/mol. The van der Waals surface area contributed by atoms with Crippen molar-refractivity contribution in [3.8, 4) is 17.2 Å². The second-order valence-corrected chi connectivity index (χ2v) is 11.7. The minimum Gasteiger partial charge on any atom is -0.507 e. The number of aliphatic hydroxyl groups is 3. The molecular formula is C27H30INO10. The van der Waals surface area contributed by atoms with Crippen molar-refractivity contribution in [1.29, 1.82) is 0 Å². The number of hydrogen-bond acceptors (Lipinski definition) is 11. The third-order valence-corrected chi connectivity index (χ3v) is 9.84. The van der Waals surface area contributed by atoms with E-state index >= 15 is 0 Å². The Labute approximate surface area is 237 Å². The number of fused-ring (bicyclic) bond motifs is 3. The molecule has 2 aliphatic carbocycles. The lowest BCUT2D eigenvalue weighted by Gasteiger charge is -2.44. The van der Waals surface area contributed by atoms with Gasteiger partial charge in [0.1, 0.15) is 23.4 Å². The molecule has 5 rings (SSSR count). The molecule has 0 amide bonds. The molecule has 11 nitrogen and oxygen atoms in total. The molecule has 0 radical (unpaired) electrons. The van der Waals surface area contributed by atoms with E-state index in [1.807, 2.05) is 6.92 Å². The first-order valence-corrected chi connectivity index (χ1v) is 13.8. The van der Waals surface area contributed by atoms with E-state index in [4.69, 9.17) is 19.9 Å². The van der Waals surface area contributed by atoms with Crippen LogP contribution in [-0.2, 0) is 15.9 Å². The summed E-state index contributed by atoms with van der Waals surface area (Å²) >= 11 is 2.19. The first-order chi connectivity index (χ1) is 18.4. The second kappa shape index (κ2) is 10.3. The molecule has 1 heterocycles. The molecule has 3 aliphatic rings. The number of ether oxygens (including phenoxy) is 3. The van der Waals surface area contributed by atoms with Gasteiger partial charge in [-0.3, -0.25) is 9.59 Å². The number of phenolic OH excluding ortho intramolecular Hbond substituents is 2. The molecule has 1 fully saturated rings. The molecular weight excluding hydrogens is 625 g/mol. The topological polar surface area (TPSA) is 189 Å². The fraction of sp³-hybridized carbons (Fsp3) is 0.481. The summed E-state index contributed by atoms with van der Waals surface area (Å²) in [5, 5.41) is 54.4. The second-order valence-electron chi connectivity index (χ2n) is 10.3. The number of phenols is 2. The fourth-order valence-corrected chi connectivity index (χ4v) is 6.29. The minimum atomic E-state index is -2.00. The van der Waals surface area contributed by atoms with E-state index in [1.165, 1.54) is 25.3 Å². The van der Waals surface area contributed by atoms with Crippen LogP contribution in [0.5, 0.6) is 17.2 Å². The Bertz CT molecular complexity index is 1340. The summed E-state index contributed by atoms with van der Waals surface area (Å²) in [5.74, 6) is -2.51. The van der Waals surface area contributed by atoms with Gasteiger partial charge in [0.25, 0.3) is 0 Å². The van der Waals surface area contributed by atoms with Crippen LogP contribution < -0.4 is 10.5 Å². The summed E-state index contributed by atoms with van der Waals surface area (Å²) in [6, 6.07) is 4.18. The smallest absolute Gasteiger partial charge is 0.202 e. The van der Waals surface area contributed by atoms with Crippen molar-refractivity contribution in [2.45, 2.75) is 66.4 Å². The first-order valence-electron chi connectivity index (χ1n) is 12.5. The van der Waals surface area contributed by atoms with E-state index in [0.717, 1.165) is 0 Å². The van der Waals surface area contributed by atoms with E-state index in [1.54, 1.807) is 0 Å². The Kier molecular flexibility index (Phi) is 7.41. The molecule has 7 N–H and O–H groups in total. The van der Waals surface area contributed by atoms with Crippen molar-refractivity contribution in [3.05, 3.63) is 51.6 Å². The Hall–Kier alpha value is -2.33. The van der Waals surface area contributed by atoms with Crippen LogP contribution in [0.2, 0.25) is 0 Å². The highest BCUT2D eigenvalue weighted by atomic mass is 127. The monoisotopic (exact) mass is 655 g/mol. The minimum absolute atomic E-state index is 0.0114. The van der Waals surface area contributed by atoms with Gasteiger partial charge in [-0.15, -0.1) is 0 Å². The molecule has 39 heavy (non-hydrogen) atoms.